The third kappa shape index (κ3) is 3.57. The van der Waals surface area contributed by atoms with Crippen molar-refractivity contribution in [3.05, 3.63) is 60.0 Å². The van der Waals surface area contributed by atoms with Crippen LogP contribution in [0.2, 0.25) is 0 Å². The van der Waals surface area contributed by atoms with Gasteiger partial charge in [0.1, 0.15) is 5.82 Å². The smallest absolute Gasteiger partial charge is 0.228 e. The number of piperidine rings is 1. The lowest BCUT2D eigenvalue weighted by atomic mass is 10.1. The SMILES string of the molecule is O=C(Cc1c[nH]c2cc(F)ccc12)Nc1ccc(N2CCCCC2)cc1. The van der Waals surface area contributed by atoms with E-state index in [9.17, 15) is 9.18 Å². The number of halogens is 1. The van der Waals surface area contributed by atoms with Crippen LogP contribution in [0.1, 0.15) is 24.8 Å². The van der Waals surface area contributed by atoms with E-state index in [0.717, 1.165) is 29.7 Å². The van der Waals surface area contributed by atoms with Gasteiger partial charge >= 0.3 is 0 Å². The van der Waals surface area contributed by atoms with Crippen molar-refractivity contribution in [1.29, 1.82) is 0 Å². The summed E-state index contributed by atoms with van der Waals surface area (Å²) in [6.45, 7) is 2.21. The van der Waals surface area contributed by atoms with Crippen molar-refractivity contribution < 1.29 is 9.18 Å². The second-order valence-corrected chi connectivity index (χ2v) is 6.82. The van der Waals surface area contributed by atoms with Gasteiger partial charge in [0, 0.05) is 41.6 Å². The lowest BCUT2D eigenvalue weighted by molar-refractivity contribution is -0.115. The average molecular weight is 351 g/mol. The van der Waals surface area contributed by atoms with E-state index in [4.69, 9.17) is 0 Å². The molecule has 1 saturated heterocycles. The molecule has 5 heteroatoms. The minimum atomic E-state index is -0.288. The Balaban J connectivity index is 1.41. The first-order valence-electron chi connectivity index (χ1n) is 9.09. The molecular formula is C21H22FN3O. The van der Waals surface area contributed by atoms with E-state index in [2.05, 4.69) is 27.3 Å². The number of aromatic amines is 1. The van der Waals surface area contributed by atoms with Crippen LogP contribution in [0.15, 0.2) is 48.7 Å². The van der Waals surface area contributed by atoms with Crippen LogP contribution in [0.4, 0.5) is 15.8 Å². The van der Waals surface area contributed by atoms with Crippen LogP contribution in [0.3, 0.4) is 0 Å². The maximum absolute atomic E-state index is 13.3. The molecule has 0 bridgehead atoms. The number of hydrogen-bond donors (Lipinski definition) is 2. The van der Waals surface area contributed by atoms with Crippen molar-refractivity contribution in [1.82, 2.24) is 4.98 Å². The zero-order valence-electron chi connectivity index (χ0n) is 14.6. The number of nitrogens with one attached hydrogen (secondary N) is 2. The molecule has 0 atom stereocenters. The van der Waals surface area contributed by atoms with E-state index in [1.165, 1.54) is 37.1 Å². The number of H-pyrrole nitrogens is 1. The molecule has 0 spiro atoms. The quantitative estimate of drug-likeness (QED) is 0.728. The van der Waals surface area contributed by atoms with Crippen LogP contribution in [-0.4, -0.2) is 24.0 Å². The fourth-order valence-corrected chi connectivity index (χ4v) is 3.59. The largest absolute Gasteiger partial charge is 0.372 e. The van der Waals surface area contributed by atoms with Crippen molar-refractivity contribution in [2.75, 3.05) is 23.3 Å². The highest BCUT2D eigenvalue weighted by molar-refractivity contribution is 5.95. The summed E-state index contributed by atoms with van der Waals surface area (Å²) in [6.07, 6.45) is 5.81. The number of aromatic nitrogens is 1. The van der Waals surface area contributed by atoms with Crippen molar-refractivity contribution >= 4 is 28.2 Å². The monoisotopic (exact) mass is 351 g/mol. The Kier molecular flexibility index (Phi) is 4.61. The van der Waals surface area contributed by atoms with Crippen molar-refractivity contribution in [3.63, 3.8) is 0 Å². The van der Waals surface area contributed by atoms with Gasteiger partial charge in [0.25, 0.3) is 0 Å². The summed E-state index contributed by atoms with van der Waals surface area (Å²) in [5.74, 6) is -0.370. The standard InChI is InChI=1S/C21H22FN3O/c22-16-4-9-19-15(14-23-20(19)13-16)12-21(26)24-17-5-7-18(8-6-17)25-10-2-1-3-11-25/h4-9,13-14,23H,1-3,10-12H2,(H,24,26). The number of anilines is 2. The molecule has 2 aromatic carbocycles. The molecule has 0 saturated carbocycles. The van der Waals surface area contributed by atoms with Gasteiger partial charge in [0.15, 0.2) is 0 Å². The molecule has 0 aliphatic carbocycles. The normalized spacial score (nSPS) is 14.6. The first-order valence-corrected chi connectivity index (χ1v) is 9.09. The van der Waals surface area contributed by atoms with Crippen LogP contribution in [0, 0.1) is 5.82 Å². The molecule has 134 valence electrons. The van der Waals surface area contributed by atoms with Gasteiger partial charge < -0.3 is 15.2 Å². The Hall–Kier alpha value is -2.82. The minimum absolute atomic E-state index is 0.0825. The third-order valence-corrected chi connectivity index (χ3v) is 4.95. The van der Waals surface area contributed by atoms with E-state index in [0.29, 0.717) is 5.52 Å². The van der Waals surface area contributed by atoms with Crippen molar-refractivity contribution in [2.24, 2.45) is 0 Å². The van der Waals surface area contributed by atoms with E-state index >= 15 is 0 Å². The molecule has 1 aromatic heterocycles. The summed E-state index contributed by atoms with van der Waals surface area (Å²) in [6, 6.07) is 12.6. The highest BCUT2D eigenvalue weighted by Gasteiger charge is 2.12. The molecular weight excluding hydrogens is 329 g/mol. The van der Waals surface area contributed by atoms with Gasteiger partial charge in [-0.25, -0.2) is 4.39 Å². The van der Waals surface area contributed by atoms with Gasteiger partial charge in [-0.3, -0.25) is 4.79 Å². The summed E-state index contributed by atoms with van der Waals surface area (Å²) in [4.78, 5) is 17.8. The second kappa shape index (κ2) is 7.20. The first kappa shape index (κ1) is 16.6. The number of amides is 1. The summed E-state index contributed by atoms with van der Waals surface area (Å²) in [7, 11) is 0. The number of nitrogens with zero attached hydrogens (tertiary/aromatic N) is 1. The predicted octanol–water partition coefficient (Wildman–Crippen LogP) is 4.48. The van der Waals surface area contributed by atoms with E-state index < -0.39 is 0 Å². The van der Waals surface area contributed by atoms with Crippen LogP contribution in [0.5, 0.6) is 0 Å². The number of carbonyl (C=O) groups excluding carboxylic acids is 1. The number of rotatable bonds is 4. The molecule has 1 amide bonds. The zero-order chi connectivity index (χ0) is 17.9. The Morgan fingerprint density at radius 2 is 1.85 bits per heavy atom. The molecule has 1 aliphatic rings. The van der Waals surface area contributed by atoms with Crippen molar-refractivity contribution in [3.8, 4) is 0 Å². The molecule has 0 radical (unpaired) electrons. The van der Waals surface area contributed by atoms with Gasteiger partial charge in [-0.1, -0.05) is 0 Å². The number of carbonyl (C=O) groups is 1. The van der Waals surface area contributed by atoms with Gasteiger partial charge in [0.2, 0.25) is 5.91 Å². The molecule has 1 aliphatic heterocycles. The van der Waals surface area contributed by atoms with Crippen LogP contribution < -0.4 is 10.2 Å². The van der Waals surface area contributed by atoms with Gasteiger partial charge in [-0.2, -0.15) is 0 Å². The summed E-state index contributed by atoms with van der Waals surface area (Å²) < 4.78 is 13.3. The molecule has 4 rings (SSSR count). The topological polar surface area (TPSA) is 48.1 Å². The Morgan fingerprint density at radius 3 is 2.62 bits per heavy atom. The fraction of sp³-hybridized carbons (Fsp3) is 0.286. The molecule has 3 aromatic rings. The second-order valence-electron chi connectivity index (χ2n) is 6.82. The van der Waals surface area contributed by atoms with Crippen molar-refractivity contribution in [2.45, 2.75) is 25.7 Å². The lowest BCUT2D eigenvalue weighted by Gasteiger charge is -2.28. The Morgan fingerprint density at radius 1 is 1.08 bits per heavy atom. The molecule has 26 heavy (non-hydrogen) atoms. The molecule has 1 fully saturated rings. The maximum atomic E-state index is 13.3. The number of hydrogen-bond acceptors (Lipinski definition) is 2. The minimum Gasteiger partial charge on any atom is -0.372 e. The fourth-order valence-electron chi connectivity index (χ4n) is 3.59. The van der Waals surface area contributed by atoms with Crippen LogP contribution in [0.25, 0.3) is 10.9 Å². The maximum Gasteiger partial charge on any atom is 0.228 e. The molecule has 2 N–H and O–H groups in total. The van der Waals surface area contributed by atoms with Crippen LogP contribution in [-0.2, 0) is 11.2 Å². The summed E-state index contributed by atoms with van der Waals surface area (Å²) in [5.41, 5.74) is 3.57. The first-order chi connectivity index (χ1) is 12.7. The average Bonchev–Trinajstić information content (AvgIpc) is 3.04. The van der Waals surface area contributed by atoms with Crippen LogP contribution >= 0.6 is 0 Å². The van der Waals surface area contributed by atoms with Gasteiger partial charge in [-0.15, -0.1) is 0 Å². The number of fused-ring (bicyclic) bond motifs is 1. The molecule has 4 nitrogen and oxygen atoms in total. The molecule has 0 unspecified atom stereocenters. The summed E-state index contributed by atoms with van der Waals surface area (Å²) in [5, 5.41) is 3.82. The van der Waals surface area contributed by atoms with E-state index in [1.807, 2.05) is 12.1 Å². The van der Waals surface area contributed by atoms with Gasteiger partial charge in [-0.05, 0) is 67.3 Å². The highest BCUT2D eigenvalue weighted by Crippen LogP contribution is 2.23. The summed E-state index contributed by atoms with van der Waals surface area (Å²) >= 11 is 0. The Bertz CT molecular complexity index is 911. The van der Waals surface area contributed by atoms with E-state index in [1.54, 1.807) is 12.3 Å². The number of benzene rings is 2. The molecule has 2 heterocycles. The predicted molar refractivity (Wildman–Crippen MR) is 103 cm³/mol. The van der Waals surface area contributed by atoms with Gasteiger partial charge in [0.05, 0.1) is 6.42 Å². The van der Waals surface area contributed by atoms with E-state index in [-0.39, 0.29) is 18.1 Å². The highest BCUT2D eigenvalue weighted by atomic mass is 19.1. The zero-order valence-corrected chi connectivity index (χ0v) is 14.6. The Labute approximate surface area is 152 Å². The lowest BCUT2D eigenvalue weighted by Crippen LogP contribution is -2.29. The third-order valence-electron chi connectivity index (χ3n) is 4.95.